The molecule has 3 aromatic carbocycles. The number of hydrogen-bond acceptors (Lipinski definition) is 4. The SMILES string of the molecule is Cc1ccc(C(=O)NN(C(=O)c2ccc(C)cc2)c2nc3ccccc3s2)cc1. The summed E-state index contributed by atoms with van der Waals surface area (Å²) in [6, 6.07) is 22.0. The molecule has 0 unspecified atom stereocenters. The monoisotopic (exact) mass is 401 g/mol. The molecule has 0 atom stereocenters. The van der Waals surface area contributed by atoms with E-state index in [1.807, 2.05) is 62.4 Å². The molecule has 1 aromatic heterocycles. The van der Waals surface area contributed by atoms with Crippen molar-refractivity contribution in [1.29, 1.82) is 0 Å². The summed E-state index contributed by atoms with van der Waals surface area (Å²) in [5.41, 5.74) is 6.56. The second-order valence-corrected chi connectivity index (χ2v) is 7.79. The van der Waals surface area contributed by atoms with Gasteiger partial charge >= 0.3 is 0 Å². The van der Waals surface area contributed by atoms with Gasteiger partial charge in [-0.2, -0.15) is 5.01 Å². The summed E-state index contributed by atoms with van der Waals surface area (Å²) in [6.45, 7) is 3.91. The molecule has 0 spiro atoms. The number of rotatable bonds is 3. The Kier molecular flexibility index (Phi) is 5.10. The molecule has 0 aliphatic carbocycles. The lowest BCUT2D eigenvalue weighted by molar-refractivity contribution is 0.0887. The predicted molar refractivity (Wildman–Crippen MR) is 116 cm³/mol. The number of thiazole rings is 1. The second-order valence-electron chi connectivity index (χ2n) is 6.78. The number of nitrogens with one attached hydrogen (secondary N) is 1. The van der Waals surface area contributed by atoms with E-state index in [4.69, 9.17) is 0 Å². The fourth-order valence-electron chi connectivity index (χ4n) is 2.84. The van der Waals surface area contributed by atoms with Crippen LogP contribution in [0.5, 0.6) is 0 Å². The first-order chi connectivity index (χ1) is 14.0. The van der Waals surface area contributed by atoms with Crippen molar-refractivity contribution in [3.8, 4) is 0 Å². The number of fused-ring (bicyclic) bond motifs is 1. The van der Waals surface area contributed by atoms with Crippen molar-refractivity contribution in [1.82, 2.24) is 10.4 Å². The van der Waals surface area contributed by atoms with E-state index in [0.29, 0.717) is 16.3 Å². The number of carbonyl (C=O) groups is 2. The van der Waals surface area contributed by atoms with Crippen molar-refractivity contribution >= 4 is 38.5 Å². The van der Waals surface area contributed by atoms with Gasteiger partial charge in [0, 0.05) is 11.1 Å². The molecule has 0 bridgehead atoms. The molecule has 4 rings (SSSR count). The third-order valence-electron chi connectivity index (χ3n) is 4.50. The lowest BCUT2D eigenvalue weighted by atomic mass is 10.1. The van der Waals surface area contributed by atoms with Gasteiger partial charge in [-0.05, 0) is 50.2 Å². The summed E-state index contributed by atoms with van der Waals surface area (Å²) < 4.78 is 0.939. The predicted octanol–water partition coefficient (Wildman–Crippen LogP) is 4.90. The first-order valence-electron chi connectivity index (χ1n) is 9.15. The van der Waals surface area contributed by atoms with Gasteiger partial charge < -0.3 is 0 Å². The molecule has 144 valence electrons. The normalized spacial score (nSPS) is 10.7. The van der Waals surface area contributed by atoms with Crippen LogP contribution in [0.3, 0.4) is 0 Å². The smallest absolute Gasteiger partial charge is 0.267 e. The molecule has 1 heterocycles. The molecule has 4 aromatic rings. The largest absolute Gasteiger partial charge is 0.279 e. The molecule has 5 nitrogen and oxygen atoms in total. The number of anilines is 1. The first-order valence-corrected chi connectivity index (χ1v) is 9.97. The minimum absolute atomic E-state index is 0.343. The minimum atomic E-state index is -0.371. The van der Waals surface area contributed by atoms with Crippen LogP contribution in [0.15, 0.2) is 72.8 Å². The molecule has 0 fully saturated rings. The van der Waals surface area contributed by atoms with Gasteiger partial charge in [0.2, 0.25) is 5.13 Å². The first kappa shape index (κ1) is 18.8. The minimum Gasteiger partial charge on any atom is -0.267 e. The van der Waals surface area contributed by atoms with Gasteiger partial charge in [-0.1, -0.05) is 58.9 Å². The molecule has 1 N–H and O–H groups in total. The van der Waals surface area contributed by atoms with Crippen molar-refractivity contribution in [2.45, 2.75) is 13.8 Å². The van der Waals surface area contributed by atoms with Crippen LogP contribution in [-0.4, -0.2) is 16.8 Å². The summed E-state index contributed by atoms with van der Waals surface area (Å²) in [7, 11) is 0. The highest BCUT2D eigenvalue weighted by molar-refractivity contribution is 7.22. The Bertz CT molecular complexity index is 1150. The Labute approximate surface area is 172 Å². The third kappa shape index (κ3) is 4.02. The van der Waals surface area contributed by atoms with E-state index >= 15 is 0 Å². The fraction of sp³-hybridized carbons (Fsp3) is 0.0870. The van der Waals surface area contributed by atoms with Crippen molar-refractivity contribution in [2.24, 2.45) is 0 Å². The molecule has 0 saturated heterocycles. The Morgan fingerprint density at radius 2 is 1.41 bits per heavy atom. The van der Waals surface area contributed by atoms with Crippen LogP contribution in [-0.2, 0) is 0 Å². The summed E-state index contributed by atoms with van der Waals surface area (Å²) in [5.74, 6) is -0.714. The molecule has 0 radical (unpaired) electrons. The van der Waals surface area contributed by atoms with E-state index in [2.05, 4.69) is 10.4 Å². The maximum absolute atomic E-state index is 13.2. The average molecular weight is 401 g/mol. The number of benzene rings is 3. The molecule has 0 saturated carbocycles. The summed E-state index contributed by atoms with van der Waals surface area (Å²) in [6.07, 6.45) is 0. The summed E-state index contributed by atoms with van der Waals surface area (Å²) in [5, 5.41) is 1.65. The van der Waals surface area contributed by atoms with Crippen LogP contribution in [0.4, 0.5) is 5.13 Å². The number of nitrogens with zero attached hydrogens (tertiary/aromatic N) is 2. The Morgan fingerprint density at radius 3 is 2.03 bits per heavy atom. The van der Waals surface area contributed by atoms with Crippen LogP contribution >= 0.6 is 11.3 Å². The quantitative estimate of drug-likeness (QED) is 0.497. The molecule has 0 aliphatic rings. The van der Waals surface area contributed by atoms with Crippen molar-refractivity contribution in [2.75, 3.05) is 5.01 Å². The van der Waals surface area contributed by atoms with Gasteiger partial charge in [0.25, 0.3) is 11.8 Å². The van der Waals surface area contributed by atoms with E-state index in [-0.39, 0.29) is 11.8 Å². The van der Waals surface area contributed by atoms with Crippen LogP contribution in [0, 0.1) is 13.8 Å². The number of hydrogen-bond donors (Lipinski definition) is 1. The lowest BCUT2D eigenvalue weighted by Gasteiger charge is -2.20. The summed E-state index contributed by atoms with van der Waals surface area (Å²) >= 11 is 1.35. The second kappa shape index (κ2) is 7.85. The Morgan fingerprint density at radius 1 is 0.828 bits per heavy atom. The Hall–Kier alpha value is -3.51. The van der Waals surface area contributed by atoms with Gasteiger partial charge in [-0.15, -0.1) is 0 Å². The molecule has 0 aliphatic heterocycles. The van der Waals surface area contributed by atoms with E-state index in [1.165, 1.54) is 16.3 Å². The number of hydrazine groups is 1. The zero-order chi connectivity index (χ0) is 20.4. The number of aromatic nitrogens is 1. The molecule has 29 heavy (non-hydrogen) atoms. The van der Waals surface area contributed by atoms with E-state index < -0.39 is 0 Å². The summed E-state index contributed by atoms with van der Waals surface area (Å²) in [4.78, 5) is 30.6. The van der Waals surface area contributed by atoms with Crippen LogP contribution in [0.25, 0.3) is 10.2 Å². The molecule has 2 amide bonds. The lowest BCUT2D eigenvalue weighted by Crippen LogP contribution is -2.46. The highest BCUT2D eigenvalue weighted by Gasteiger charge is 2.24. The number of amides is 2. The van der Waals surface area contributed by atoms with Gasteiger partial charge in [0.05, 0.1) is 10.2 Å². The Balaban J connectivity index is 1.71. The van der Waals surface area contributed by atoms with Gasteiger partial charge in [0.1, 0.15) is 0 Å². The van der Waals surface area contributed by atoms with Crippen molar-refractivity contribution in [3.63, 3.8) is 0 Å². The van der Waals surface area contributed by atoms with E-state index in [1.54, 1.807) is 24.3 Å². The maximum Gasteiger partial charge on any atom is 0.279 e. The average Bonchev–Trinajstić information content (AvgIpc) is 3.16. The third-order valence-corrected chi connectivity index (χ3v) is 5.52. The van der Waals surface area contributed by atoms with Crippen LogP contribution in [0.1, 0.15) is 31.8 Å². The standard InChI is InChI=1S/C23H19N3O2S/c1-15-7-11-17(12-8-15)21(27)25-26(22(28)18-13-9-16(2)10-14-18)23-24-19-5-3-4-6-20(19)29-23/h3-14H,1-2H3,(H,25,27). The van der Waals surface area contributed by atoms with Gasteiger partial charge in [-0.3, -0.25) is 15.0 Å². The number of carbonyl (C=O) groups excluding carboxylic acids is 2. The van der Waals surface area contributed by atoms with E-state index in [9.17, 15) is 9.59 Å². The topological polar surface area (TPSA) is 62.3 Å². The highest BCUT2D eigenvalue weighted by Crippen LogP contribution is 2.28. The fourth-order valence-corrected chi connectivity index (χ4v) is 3.76. The number of para-hydroxylation sites is 1. The molecular formula is C23H19N3O2S. The van der Waals surface area contributed by atoms with Gasteiger partial charge in [-0.25, -0.2) is 4.98 Å². The molecular weight excluding hydrogens is 382 g/mol. The number of aryl methyl sites for hydroxylation is 2. The van der Waals surface area contributed by atoms with Crippen LogP contribution < -0.4 is 10.4 Å². The van der Waals surface area contributed by atoms with Gasteiger partial charge in [0.15, 0.2) is 0 Å². The zero-order valence-electron chi connectivity index (χ0n) is 16.0. The van der Waals surface area contributed by atoms with E-state index in [0.717, 1.165) is 21.3 Å². The van der Waals surface area contributed by atoms with Crippen molar-refractivity contribution < 1.29 is 9.59 Å². The zero-order valence-corrected chi connectivity index (χ0v) is 16.9. The maximum atomic E-state index is 13.2. The van der Waals surface area contributed by atoms with Crippen molar-refractivity contribution in [3.05, 3.63) is 95.1 Å². The molecule has 6 heteroatoms. The highest BCUT2D eigenvalue weighted by atomic mass is 32.1. The van der Waals surface area contributed by atoms with Crippen LogP contribution in [0.2, 0.25) is 0 Å².